The first kappa shape index (κ1) is 5.91. The summed E-state index contributed by atoms with van der Waals surface area (Å²) in [4.78, 5) is 12.9. The topological polar surface area (TPSA) is 56.0 Å². The average molecular weight is 239 g/mol. The van der Waals surface area contributed by atoms with Crippen molar-refractivity contribution in [3.05, 3.63) is 32.0 Å². The molecule has 11 heavy (non-hydrogen) atoms. The third kappa shape index (κ3) is 1.66. The predicted molar refractivity (Wildman–Crippen MR) is 43.6 cm³/mol. The summed E-state index contributed by atoms with van der Waals surface area (Å²) in [7, 11) is 0. The minimum atomic E-state index is -0.804. The zero-order valence-electron chi connectivity index (χ0n) is 6.97. The molecule has 0 fully saturated rings. The van der Waals surface area contributed by atoms with Crippen molar-refractivity contribution < 1.29 is 7.66 Å². The van der Waals surface area contributed by atoms with Gasteiger partial charge in [0.25, 0.3) is 0 Å². The first-order valence-electron chi connectivity index (χ1n) is 3.41. The lowest BCUT2D eigenvalue weighted by molar-refractivity contribution is -0.385. The minimum absolute atomic E-state index is 0.0249. The number of aromatic nitrogens is 1. The second kappa shape index (κ2) is 3.15. The molecular formula is C5H2BrClN2O2. The second-order valence-electron chi connectivity index (χ2n) is 1.57. The normalized spacial score (nSPS) is 12.2. The number of rotatable bonds is 1. The van der Waals surface area contributed by atoms with Crippen molar-refractivity contribution in [1.29, 1.82) is 0 Å². The fraction of sp³-hybridized carbons (Fsp3) is 0. The largest absolute Gasteiger partial charge is 0.307 e. The zero-order valence-corrected chi connectivity index (χ0v) is 7.31. The van der Waals surface area contributed by atoms with Gasteiger partial charge in [0.15, 0.2) is 0 Å². The van der Waals surface area contributed by atoms with Gasteiger partial charge in [-0.1, -0.05) is 11.6 Å². The minimum Gasteiger partial charge on any atom is -0.258 e. The first-order valence-corrected chi connectivity index (χ1v) is 3.58. The maximum atomic E-state index is 10.4. The molecule has 4 nitrogen and oxygen atoms in total. The van der Waals surface area contributed by atoms with Crippen molar-refractivity contribution in [2.24, 2.45) is 0 Å². The van der Waals surface area contributed by atoms with Crippen LogP contribution in [0.5, 0.6) is 0 Å². The van der Waals surface area contributed by atoms with Crippen LogP contribution in [-0.2, 0) is 0 Å². The van der Waals surface area contributed by atoms with Crippen LogP contribution in [0.3, 0.4) is 0 Å². The number of nitrogens with zero attached hydrogens (tertiary/aromatic N) is 2. The van der Waals surface area contributed by atoms with Crippen molar-refractivity contribution in [3.63, 3.8) is 0 Å². The van der Waals surface area contributed by atoms with E-state index in [0.29, 0.717) is 0 Å². The summed E-state index contributed by atoms with van der Waals surface area (Å²) in [5, 5.41) is 10.1. The third-order valence-electron chi connectivity index (χ3n) is 0.899. The Kier molecular flexibility index (Phi) is 1.69. The van der Waals surface area contributed by atoms with Gasteiger partial charge < -0.3 is 0 Å². The van der Waals surface area contributed by atoms with E-state index in [1.165, 1.54) is 0 Å². The molecule has 1 rings (SSSR count). The van der Waals surface area contributed by atoms with Crippen LogP contribution in [0.15, 0.2) is 16.8 Å². The lowest BCUT2D eigenvalue weighted by Crippen LogP contribution is -1.90. The smallest absolute Gasteiger partial charge is 0.258 e. The Hall–Kier alpha value is -0.680. The highest BCUT2D eigenvalue weighted by atomic mass is 79.9. The Morgan fingerprint density at radius 2 is 2.45 bits per heavy atom. The molecule has 0 amide bonds. The van der Waals surface area contributed by atoms with Crippen molar-refractivity contribution in [2.45, 2.75) is 0 Å². The number of hydrogen-bond donors (Lipinski definition) is 0. The lowest BCUT2D eigenvalue weighted by atomic mass is 10.4. The van der Waals surface area contributed by atoms with Crippen LogP contribution in [0.2, 0.25) is 5.02 Å². The summed E-state index contributed by atoms with van der Waals surface area (Å²) in [6, 6.07) is 0. The van der Waals surface area contributed by atoms with E-state index < -0.39 is 16.8 Å². The van der Waals surface area contributed by atoms with Crippen LogP contribution in [0.25, 0.3) is 0 Å². The molecule has 0 aliphatic heterocycles. The summed E-state index contributed by atoms with van der Waals surface area (Å²) in [6.45, 7) is 0. The van der Waals surface area contributed by atoms with Crippen molar-refractivity contribution in [2.75, 3.05) is 0 Å². The summed E-state index contributed by atoms with van der Waals surface area (Å²) in [5.41, 5.74) is -0.593. The molecule has 1 aromatic rings. The van der Waals surface area contributed by atoms with Gasteiger partial charge in [0.05, 0.1) is 12.1 Å². The zero-order chi connectivity index (χ0) is 10.2. The summed E-state index contributed by atoms with van der Waals surface area (Å²) in [5.74, 6) is 0. The van der Waals surface area contributed by atoms with E-state index in [2.05, 4.69) is 20.9 Å². The summed E-state index contributed by atoms with van der Waals surface area (Å²) >= 11 is 8.39. The second-order valence-corrected chi connectivity index (χ2v) is 2.74. The van der Waals surface area contributed by atoms with Gasteiger partial charge in [-0.15, -0.1) is 0 Å². The Bertz CT molecular complexity index is 387. The van der Waals surface area contributed by atoms with Gasteiger partial charge in [-0.05, 0) is 15.9 Å². The molecule has 0 unspecified atom stereocenters. The molecule has 0 saturated carbocycles. The Labute approximate surface area is 78.3 Å². The third-order valence-corrected chi connectivity index (χ3v) is 2.07. The molecule has 1 aromatic heterocycles. The van der Waals surface area contributed by atoms with Gasteiger partial charge in [-0.3, -0.25) is 15.1 Å². The van der Waals surface area contributed by atoms with Crippen LogP contribution >= 0.6 is 27.5 Å². The van der Waals surface area contributed by atoms with Crippen LogP contribution in [0.4, 0.5) is 5.69 Å². The van der Waals surface area contributed by atoms with Crippen molar-refractivity contribution >= 4 is 33.2 Å². The van der Waals surface area contributed by atoms with E-state index in [1.54, 1.807) is 0 Å². The molecule has 0 radical (unpaired) electrons. The van der Waals surface area contributed by atoms with Gasteiger partial charge in [0.1, 0.15) is 11.2 Å². The monoisotopic (exact) mass is 238 g/mol. The van der Waals surface area contributed by atoms with Gasteiger partial charge in [0.2, 0.25) is 0 Å². The van der Waals surface area contributed by atoms with E-state index in [-0.39, 0.29) is 15.7 Å². The molecule has 0 bridgehead atoms. The maximum Gasteiger partial charge on any atom is 0.307 e. The highest BCUT2D eigenvalue weighted by Gasteiger charge is 2.14. The molecule has 1 heterocycles. The van der Waals surface area contributed by atoms with E-state index >= 15 is 0 Å². The molecular weight excluding hydrogens is 235 g/mol. The Morgan fingerprint density at radius 3 is 3.00 bits per heavy atom. The molecule has 0 aliphatic carbocycles. The lowest BCUT2D eigenvalue weighted by Gasteiger charge is -1.94. The molecule has 0 spiro atoms. The molecule has 58 valence electrons. The fourth-order valence-electron chi connectivity index (χ4n) is 0.453. The number of hydrogen-bond acceptors (Lipinski definition) is 3. The highest BCUT2D eigenvalue weighted by Crippen LogP contribution is 2.29. The van der Waals surface area contributed by atoms with Gasteiger partial charge in [-0.2, -0.15) is 0 Å². The molecule has 0 N–H and O–H groups in total. The maximum absolute atomic E-state index is 10.4. The molecule has 0 aliphatic rings. The Morgan fingerprint density at radius 1 is 1.82 bits per heavy atom. The van der Waals surface area contributed by atoms with Gasteiger partial charge >= 0.3 is 5.69 Å². The van der Waals surface area contributed by atoms with Gasteiger partial charge in [-0.25, -0.2) is 0 Å². The van der Waals surface area contributed by atoms with Gasteiger partial charge in [0, 0.05) is 6.17 Å². The SMILES string of the molecule is [2H]c1nc([2H])c([N+](=O)[O-])c(Cl)c1Br. The standard InChI is InChI=1S/C5H2BrClN2O2/c6-3-1-8-2-4(5(3)7)9(10)11/h1-2H/i1D,2D. The quantitative estimate of drug-likeness (QED) is 0.558. The van der Waals surface area contributed by atoms with Crippen molar-refractivity contribution in [1.82, 2.24) is 4.98 Å². The number of halogens is 2. The van der Waals surface area contributed by atoms with E-state index in [0.717, 1.165) is 0 Å². The van der Waals surface area contributed by atoms with E-state index in [4.69, 9.17) is 14.3 Å². The van der Waals surface area contributed by atoms with Crippen LogP contribution in [-0.4, -0.2) is 9.91 Å². The molecule has 0 atom stereocenters. The van der Waals surface area contributed by atoms with E-state index in [1.807, 2.05) is 0 Å². The summed E-state index contributed by atoms with van der Waals surface area (Å²) in [6.07, 6.45) is -0.899. The predicted octanol–water partition coefficient (Wildman–Crippen LogP) is 2.41. The van der Waals surface area contributed by atoms with Crippen LogP contribution in [0, 0.1) is 10.1 Å². The Balaban J connectivity index is 3.53. The first-order chi connectivity index (χ1) is 5.95. The van der Waals surface area contributed by atoms with Crippen LogP contribution < -0.4 is 0 Å². The molecule has 0 aromatic carbocycles. The number of pyridine rings is 1. The van der Waals surface area contributed by atoms with E-state index in [9.17, 15) is 10.1 Å². The fourth-order valence-corrected chi connectivity index (χ4v) is 0.883. The highest BCUT2D eigenvalue weighted by molar-refractivity contribution is 9.10. The van der Waals surface area contributed by atoms with Crippen molar-refractivity contribution in [3.8, 4) is 0 Å². The molecule has 6 heteroatoms. The summed E-state index contributed by atoms with van der Waals surface area (Å²) < 4.78 is 14.3. The molecule has 0 saturated heterocycles. The average Bonchev–Trinajstić information content (AvgIpc) is 1.99. The number of nitro groups is 1. The van der Waals surface area contributed by atoms with Crippen LogP contribution in [0.1, 0.15) is 2.74 Å².